The van der Waals surface area contributed by atoms with Gasteiger partial charge in [0.05, 0.1) is 6.10 Å². The molecule has 0 unspecified atom stereocenters. The molecule has 2 aliphatic heterocycles. The van der Waals surface area contributed by atoms with E-state index in [4.69, 9.17) is 14.2 Å². The summed E-state index contributed by atoms with van der Waals surface area (Å²) in [5, 5.41) is 10.1. The zero-order valence-electron chi connectivity index (χ0n) is 10.1. The Kier molecular flexibility index (Phi) is 3.09. The van der Waals surface area contributed by atoms with Gasteiger partial charge in [0.25, 0.3) is 0 Å². The number of ether oxygens (including phenoxy) is 3. The van der Waals surface area contributed by atoms with E-state index in [9.17, 15) is 5.11 Å². The smallest absolute Gasteiger partial charge is 0.190 e. The van der Waals surface area contributed by atoms with Gasteiger partial charge in [0.2, 0.25) is 0 Å². The summed E-state index contributed by atoms with van der Waals surface area (Å²) in [5.74, 6) is -0.448. The number of aliphatic hydroxyl groups excluding tert-OH is 1. The molecular weight excluding hydrogens is 208 g/mol. The van der Waals surface area contributed by atoms with Crippen LogP contribution in [0.1, 0.15) is 27.2 Å². The van der Waals surface area contributed by atoms with E-state index < -0.39 is 18.2 Å². The van der Waals surface area contributed by atoms with Crippen molar-refractivity contribution in [2.45, 2.75) is 57.6 Å². The number of fused-ring (bicyclic) bond motifs is 1. The van der Waals surface area contributed by atoms with Crippen LogP contribution in [-0.2, 0) is 14.2 Å². The highest BCUT2D eigenvalue weighted by atomic mass is 16.8. The maximum atomic E-state index is 10.1. The largest absolute Gasteiger partial charge is 0.387 e. The summed E-state index contributed by atoms with van der Waals surface area (Å²) in [5.41, 5.74) is 0. The highest BCUT2D eigenvalue weighted by Gasteiger charge is 2.55. The number of hydrogen-bond acceptors (Lipinski definition) is 4. The predicted octanol–water partition coefficient (Wildman–Crippen LogP) is 1.44. The summed E-state index contributed by atoms with van der Waals surface area (Å²) < 4.78 is 16.9. The molecule has 1 N–H and O–H groups in total. The summed E-state index contributed by atoms with van der Waals surface area (Å²) >= 11 is 0. The third kappa shape index (κ3) is 2.02. The maximum Gasteiger partial charge on any atom is 0.190 e. The zero-order valence-corrected chi connectivity index (χ0v) is 10.1. The molecular formula is C12H20O4. The third-order valence-corrected chi connectivity index (χ3v) is 3.15. The van der Waals surface area contributed by atoms with Crippen LogP contribution >= 0.6 is 0 Å². The second kappa shape index (κ2) is 4.11. The molecule has 2 heterocycles. The number of rotatable bonds is 3. The van der Waals surface area contributed by atoms with Gasteiger partial charge in [-0.25, -0.2) is 0 Å². The molecule has 0 radical (unpaired) electrons. The average Bonchev–Trinajstić information content (AvgIpc) is 2.62. The van der Waals surface area contributed by atoms with Gasteiger partial charge >= 0.3 is 0 Å². The minimum Gasteiger partial charge on any atom is -0.387 e. The van der Waals surface area contributed by atoms with Crippen molar-refractivity contribution in [1.82, 2.24) is 0 Å². The van der Waals surface area contributed by atoms with E-state index in [0.29, 0.717) is 0 Å². The van der Waals surface area contributed by atoms with E-state index in [1.807, 2.05) is 26.8 Å². The number of aliphatic hydroxyl groups is 1. The van der Waals surface area contributed by atoms with Crippen molar-refractivity contribution in [2.75, 3.05) is 0 Å². The minimum absolute atomic E-state index is 0.216. The fraction of sp³-hybridized carbons (Fsp3) is 0.833. The van der Waals surface area contributed by atoms with Gasteiger partial charge in [0.1, 0.15) is 12.2 Å². The molecule has 2 rings (SSSR count). The normalized spacial score (nSPS) is 43.0. The molecule has 4 heteroatoms. The van der Waals surface area contributed by atoms with E-state index in [-0.39, 0.29) is 18.1 Å². The monoisotopic (exact) mass is 228 g/mol. The molecule has 5 atom stereocenters. The van der Waals surface area contributed by atoms with Gasteiger partial charge in [0.15, 0.2) is 12.1 Å². The predicted molar refractivity (Wildman–Crippen MR) is 58.7 cm³/mol. The summed E-state index contributed by atoms with van der Waals surface area (Å²) in [7, 11) is 0. The summed E-state index contributed by atoms with van der Waals surface area (Å²) in [6.45, 7) is 9.37. The molecule has 92 valence electrons. The van der Waals surface area contributed by atoms with Crippen molar-refractivity contribution in [3.05, 3.63) is 12.7 Å². The SMILES string of the molecule is C=CC[C@@H](C)[C@@H]1O[C@@H]2OC(C)(C)O[C@@H]2[C@H]1O. The van der Waals surface area contributed by atoms with Crippen LogP contribution in [0.2, 0.25) is 0 Å². The average molecular weight is 228 g/mol. The van der Waals surface area contributed by atoms with Crippen LogP contribution in [0.25, 0.3) is 0 Å². The number of hydrogen-bond donors (Lipinski definition) is 1. The lowest BCUT2D eigenvalue weighted by Crippen LogP contribution is -2.37. The standard InChI is InChI=1S/C12H20O4/c1-5-6-7(2)9-8(13)10-11(14-9)16-12(3,4)15-10/h5,7-11,13H,1,6H2,2-4H3/t7-,8+,9+,10-,11-/m1/s1. The highest BCUT2D eigenvalue weighted by Crippen LogP contribution is 2.39. The highest BCUT2D eigenvalue weighted by molar-refractivity contribution is 4.95. The topological polar surface area (TPSA) is 47.9 Å². The van der Waals surface area contributed by atoms with Gasteiger partial charge in [-0.3, -0.25) is 0 Å². The molecule has 16 heavy (non-hydrogen) atoms. The molecule has 2 aliphatic rings. The Balaban J connectivity index is 2.02. The minimum atomic E-state index is -0.664. The molecule has 0 aromatic heterocycles. The fourth-order valence-corrected chi connectivity index (χ4v) is 2.38. The summed E-state index contributed by atoms with van der Waals surface area (Å²) in [6.07, 6.45) is 0.978. The van der Waals surface area contributed by atoms with Crippen LogP contribution in [0.3, 0.4) is 0 Å². The van der Waals surface area contributed by atoms with Crippen molar-refractivity contribution in [3.8, 4) is 0 Å². The molecule has 2 saturated heterocycles. The van der Waals surface area contributed by atoms with Crippen LogP contribution in [0, 0.1) is 5.92 Å². The Morgan fingerprint density at radius 1 is 1.44 bits per heavy atom. The van der Waals surface area contributed by atoms with E-state index in [1.165, 1.54) is 0 Å². The van der Waals surface area contributed by atoms with Crippen molar-refractivity contribution in [3.63, 3.8) is 0 Å². The van der Waals surface area contributed by atoms with Crippen LogP contribution in [0.5, 0.6) is 0 Å². The number of allylic oxidation sites excluding steroid dienone is 1. The van der Waals surface area contributed by atoms with Gasteiger partial charge in [-0.15, -0.1) is 6.58 Å². The van der Waals surface area contributed by atoms with Crippen molar-refractivity contribution < 1.29 is 19.3 Å². The first-order chi connectivity index (χ1) is 7.44. The van der Waals surface area contributed by atoms with Crippen LogP contribution in [-0.4, -0.2) is 35.5 Å². The first-order valence-corrected chi connectivity index (χ1v) is 5.74. The molecule has 0 amide bonds. The Bertz CT molecular complexity index is 276. The first-order valence-electron chi connectivity index (χ1n) is 5.74. The Labute approximate surface area is 96.2 Å². The molecule has 0 aromatic carbocycles. The lowest BCUT2D eigenvalue weighted by Gasteiger charge is -2.26. The molecule has 0 aromatic rings. The Morgan fingerprint density at radius 3 is 2.69 bits per heavy atom. The van der Waals surface area contributed by atoms with E-state index in [0.717, 1.165) is 6.42 Å². The first kappa shape index (κ1) is 12.0. The van der Waals surface area contributed by atoms with Gasteiger partial charge < -0.3 is 19.3 Å². The molecule has 0 saturated carbocycles. The fourth-order valence-electron chi connectivity index (χ4n) is 2.38. The Morgan fingerprint density at radius 2 is 2.12 bits per heavy atom. The molecule has 0 aliphatic carbocycles. The van der Waals surface area contributed by atoms with Crippen molar-refractivity contribution in [2.24, 2.45) is 5.92 Å². The van der Waals surface area contributed by atoms with E-state index in [1.54, 1.807) is 0 Å². The maximum absolute atomic E-state index is 10.1. The van der Waals surface area contributed by atoms with E-state index >= 15 is 0 Å². The third-order valence-electron chi connectivity index (χ3n) is 3.15. The molecule has 4 nitrogen and oxygen atoms in total. The van der Waals surface area contributed by atoms with Crippen LogP contribution in [0.15, 0.2) is 12.7 Å². The molecule has 0 bridgehead atoms. The molecule has 2 fully saturated rings. The van der Waals surface area contributed by atoms with Gasteiger partial charge in [0, 0.05) is 0 Å². The summed E-state index contributed by atoms with van der Waals surface area (Å²) in [4.78, 5) is 0. The zero-order chi connectivity index (χ0) is 11.9. The lowest BCUT2D eigenvalue weighted by molar-refractivity contribution is -0.220. The van der Waals surface area contributed by atoms with Crippen LogP contribution in [0.4, 0.5) is 0 Å². The van der Waals surface area contributed by atoms with Gasteiger partial charge in [-0.2, -0.15) is 0 Å². The van der Waals surface area contributed by atoms with Crippen molar-refractivity contribution >= 4 is 0 Å². The Hall–Kier alpha value is -0.420. The quantitative estimate of drug-likeness (QED) is 0.742. The van der Waals surface area contributed by atoms with Gasteiger partial charge in [-0.05, 0) is 26.2 Å². The second-order valence-electron chi connectivity index (χ2n) is 5.06. The summed E-state index contributed by atoms with van der Waals surface area (Å²) in [6, 6.07) is 0. The molecule has 0 spiro atoms. The second-order valence-corrected chi connectivity index (χ2v) is 5.06. The lowest BCUT2D eigenvalue weighted by atomic mass is 9.96. The van der Waals surface area contributed by atoms with E-state index in [2.05, 4.69) is 6.58 Å². The van der Waals surface area contributed by atoms with Crippen molar-refractivity contribution in [1.29, 1.82) is 0 Å². The van der Waals surface area contributed by atoms with Crippen LogP contribution < -0.4 is 0 Å². The van der Waals surface area contributed by atoms with Gasteiger partial charge in [-0.1, -0.05) is 13.0 Å².